The summed E-state index contributed by atoms with van der Waals surface area (Å²) in [5, 5.41) is 21.6. The van der Waals surface area contributed by atoms with Crippen molar-refractivity contribution in [3.63, 3.8) is 0 Å². The highest BCUT2D eigenvalue weighted by atomic mass is 35.5. The number of rotatable bonds is 3. The number of nitrogens with one attached hydrogen (secondary N) is 1. The molecule has 1 heterocycles. The van der Waals surface area contributed by atoms with E-state index in [0.717, 1.165) is 25.1 Å². The molecule has 0 bridgehead atoms. The second-order valence-corrected chi connectivity index (χ2v) is 6.42. The zero-order chi connectivity index (χ0) is 17.8. The molecule has 0 radical (unpaired) electrons. The quantitative estimate of drug-likeness (QED) is 0.892. The van der Waals surface area contributed by atoms with Gasteiger partial charge < -0.3 is 10.2 Å². The Labute approximate surface area is 151 Å². The van der Waals surface area contributed by atoms with Crippen LogP contribution in [0.2, 0.25) is 5.02 Å². The van der Waals surface area contributed by atoms with Crippen molar-refractivity contribution in [1.29, 1.82) is 10.5 Å². The number of anilines is 2. The average Bonchev–Trinajstić information content (AvgIpc) is 2.62. The van der Waals surface area contributed by atoms with Gasteiger partial charge in [0.1, 0.15) is 11.9 Å². The zero-order valence-corrected chi connectivity index (χ0v) is 14.2. The summed E-state index contributed by atoms with van der Waals surface area (Å²) in [4.78, 5) is 1.99. The maximum absolute atomic E-state index is 14.3. The molecule has 2 aromatic carbocycles. The van der Waals surface area contributed by atoms with Gasteiger partial charge in [-0.2, -0.15) is 10.5 Å². The Morgan fingerprint density at radius 1 is 1.16 bits per heavy atom. The highest BCUT2D eigenvalue weighted by Crippen LogP contribution is 2.26. The molecule has 1 aliphatic rings. The fourth-order valence-corrected chi connectivity index (χ4v) is 3.30. The van der Waals surface area contributed by atoms with Crippen LogP contribution in [0.5, 0.6) is 0 Å². The van der Waals surface area contributed by atoms with E-state index in [-0.39, 0.29) is 11.9 Å². The third-order valence-electron chi connectivity index (χ3n) is 4.30. The number of nitriles is 2. The monoisotopic (exact) mass is 354 g/mol. The minimum atomic E-state index is -0.374. The molecule has 0 aliphatic carbocycles. The summed E-state index contributed by atoms with van der Waals surface area (Å²) in [7, 11) is 0. The first-order chi connectivity index (χ1) is 12.1. The molecule has 0 saturated carbocycles. The van der Waals surface area contributed by atoms with Gasteiger partial charge in [0.2, 0.25) is 0 Å². The predicted octanol–water partition coefficient (Wildman–Crippen LogP) is 4.30. The first-order valence-electron chi connectivity index (χ1n) is 8.01. The van der Waals surface area contributed by atoms with Crippen LogP contribution >= 0.6 is 11.6 Å². The summed E-state index contributed by atoms with van der Waals surface area (Å²) in [5.74, 6) is -0.374. The molecule has 3 rings (SSSR count). The Morgan fingerprint density at radius 2 is 2.00 bits per heavy atom. The van der Waals surface area contributed by atoms with E-state index in [2.05, 4.69) is 5.32 Å². The molecule has 0 spiro atoms. The van der Waals surface area contributed by atoms with E-state index < -0.39 is 0 Å². The molecule has 126 valence electrons. The standard InChI is InChI=1S/C19H16ClFN4/c20-17-9-15(5-4-14(17)11-23)24-16-2-1-7-25(12-16)19-6-3-13(10-22)8-18(19)21/h3-6,8-9,16,24H,1-2,7,12H2. The minimum absolute atomic E-state index is 0.146. The Morgan fingerprint density at radius 3 is 2.68 bits per heavy atom. The van der Waals surface area contributed by atoms with Crippen LogP contribution in [0, 0.1) is 28.5 Å². The highest BCUT2D eigenvalue weighted by Gasteiger charge is 2.22. The van der Waals surface area contributed by atoms with Crippen LogP contribution in [-0.4, -0.2) is 19.1 Å². The maximum Gasteiger partial charge on any atom is 0.147 e. The average molecular weight is 355 g/mol. The summed E-state index contributed by atoms with van der Waals surface area (Å²) in [6, 6.07) is 13.9. The van der Waals surface area contributed by atoms with Crippen molar-refractivity contribution in [2.75, 3.05) is 23.3 Å². The second kappa shape index (κ2) is 7.42. The number of halogens is 2. The van der Waals surface area contributed by atoms with Gasteiger partial charge in [-0.1, -0.05) is 11.6 Å². The Bertz CT molecular complexity index is 869. The van der Waals surface area contributed by atoms with E-state index in [4.69, 9.17) is 22.1 Å². The van der Waals surface area contributed by atoms with Crippen molar-refractivity contribution in [2.24, 2.45) is 0 Å². The molecule has 1 unspecified atom stereocenters. The van der Waals surface area contributed by atoms with Gasteiger partial charge in [0.15, 0.2) is 0 Å². The Hall–Kier alpha value is -2.76. The van der Waals surface area contributed by atoms with Gasteiger partial charge in [0.25, 0.3) is 0 Å². The van der Waals surface area contributed by atoms with Crippen molar-refractivity contribution in [3.8, 4) is 12.1 Å². The molecule has 25 heavy (non-hydrogen) atoms. The molecule has 1 fully saturated rings. The molecule has 2 aromatic rings. The van der Waals surface area contributed by atoms with Crippen LogP contribution < -0.4 is 10.2 Å². The lowest BCUT2D eigenvalue weighted by molar-refractivity contribution is 0.519. The van der Waals surface area contributed by atoms with Crippen LogP contribution in [0.25, 0.3) is 0 Å². The van der Waals surface area contributed by atoms with E-state index in [1.54, 1.807) is 24.3 Å². The van der Waals surface area contributed by atoms with E-state index in [1.165, 1.54) is 6.07 Å². The first kappa shape index (κ1) is 17.1. The fraction of sp³-hybridized carbons (Fsp3) is 0.263. The van der Waals surface area contributed by atoms with E-state index in [9.17, 15) is 4.39 Å². The molecule has 6 heteroatoms. The third-order valence-corrected chi connectivity index (χ3v) is 4.61. The lowest BCUT2D eigenvalue weighted by Gasteiger charge is -2.35. The summed E-state index contributed by atoms with van der Waals surface area (Å²) in [6.45, 7) is 1.43. The molecule has 1 atom stereocenters. The number of nitrogens with zero attached hydrogens (tertiary/aromatic N) is 3. The van der Waals surface area contributed by atoms with E-state index >= 15 is 0 Å². The maximum atomic E-state index is 14.3. The van der Waals surface area contributed by atoms with Crippen LogP contribution in [0.3, 0.4) is 0 Å². The fourth-order valence-electron chi connectivity index (χ4n) is 3.08. The van der Waals surface area contributed by atoms with E-state index in [0.29, 0.717) is 28.4 Å². The number of piperidine rings is 1. The molecule has 4 nitrogen and oxygen atoms in total. The van der Waals surface area contributed by atoms with Crippen LogP contribution in [0.15, 0.2) is 36.4 Å². The SMILES string of the molecule is N#Cc1ccc(N2CCCC(Nc3ccc(C#N)c(Cl)c3)C2)c(F)c1. The van der Waals surface area contributed by atoms with Crippen molar-refractivity contribution in [2.45, 2.75) is 18.9 Å². The van der Waals surface area contributed by atoms with Gasteiger partial charge in [-0.3, -0.25) is 0 Å². The molecule has 0 amide bonds. The van der Waals surface area contributed by atoms with Crippen LogP contribution in [0.1, 0.15) is 24.0 Å². The summed E-state index contributed by atoms with van der Waals surface area (Å²) in [6.07, 6.45) is 1.90. The van der Waals surface area contributed by atoms with Crippen molar-refractivity contribution >= 4 is 23.0 Å². The van der Waals surface area contributed by atoms with E-state index in [1.807, 2.05) is 23.1 Å². The Kier molecular flexibility index (Phi) is 5.07. The normalized spacial score (nSPS) is 16.8. The van der Waals surface area contributed by atoms with Crippen molar-refractivity contribution in [3.05, 3.63) is 58.4 Å². The molecule has 1 saturated heterocycles. The number of hydrogen-bond donors (Lipinski definition) is 1. The van der Waals surface area contributed by atoms with Crippen molar-refractivity contribution in [1.82, 2.24) is 0 Å². The number of hydrogen-bond acceptors (Lipinski definition) is 4. The third kappa shape index (κ3) is 3.84. The molecule has 1 N–H and O–H groups in total. The van der Waals surface area contributed by atoms with Gasteiger partial charge in [-0.05, 0) is 49.2 Å². The smallest absolute Gasteiger partial charge is 0.147 e. The predicted molar refractivity (Wildman–Crippen MR) is 96.1 cm³/mol. The number of benzene rings is 2. The molecular formula is C19H16ClFN4. The largest absolute Gasteiger partial charge is 0.380 e. The van der Waals surface area contributed by atoms with Crippen LogP contribution in [-0.2, 0) is 0 Å². The zero-order valence-electron chi connectivity index (χ0n) is 13.5. The summed E-state index contributed by atoms with van der Waals surface area (Å²) in [5.41, 5.74) is 2.12. The van der Waals surface area contributed by atoms with Crippen LogP contribution in [0.4, 0.5) is 15.8 Å². The summed E-state index contributed by atoms with van der Waals surface area (Å²) >= 11 is 6.07. The Balaban J connectivity index is 1.72. The van der Waals surface area contributed by atoms with Crippen molar-refractivity contribution < 1.29 is 4.39 Å². The second-order valence-electron chi connectivity index (χ2n) is 6.01. The molecule has 1 aliphatic heterocycles. The molecule has 0 aromatic heterocycles. The highest BCUT2D eigenvalue weighted by molar-refractivity contribution is 6.32. The lowest BCUT2D eigenvalue weighted by atomic mass is 10.0. The van der Waals surface area contributed by atoms with Gasteiger partial charge in [-0.25, -0.2) is 4.39 Å². The van der Waals surface area contributed by atoms with Gasteiger partial charge in [-0.15, -0.1) is 0 Å². The van der Waals surface area contributed by atoms with Gasteiger partial charge in [0.05, 0.1) is 27.9 Å². The summed E-state index contributed by atoms with van der Waals surface area (Å²) < 4.78 is 14.3. The minimum Gasteiger partial charge on any atom is -0.380 e. The van der Waals surface area contributed by atoms with Gasteiger partial charge >= 0.3 is 0 Å². The molecular weight excluding hydrogens is 339 g/mol. The van der Waals surface area contributed by atoms with Gasteiger partial charge in [0, 0.05) is 24.8 Å². The first-order valence-corrected chi connectivity index (χ1v) is 8.39. The topological polar surface area (TPSA) is 62.9 Å². The lowest BCUT2D eigenvalue weighted by Crippen LogP contribution is -2.42.